The van der Waals surface area contributed by atoms with Crippen molar-refractivity contribution in [2.45, 2.75) is 103 Å². The Morgan fingerprint density at radius 1 is 0.900 bits per heavy atom. The lowest BCUT2D eigenvalue weighted by Crippen LogP contribution is -2.24. The third kappa shape index (κ3) is 10.7. The van der Waals surface area contributed by atoms with Gasteiger partial charge in [0.05, 0.1) is 12.2 Å². The summed E-state index contributed by atoms with van der Waals surface area (Å²) in [6.07, 6.45) is 16.8. The first-order valence-electron chi connectivity index (χ1n) is 15.2. The van der Waals surface area contributed by atoms with Crippen molar-refractivity contribution in [2.24, 2.45) is 5.92 Å². The van der Waals surface area contributed by atoms with Crippen LogP contribution in [0.3, 0.4) is 0 Å². The van der Waals surface area contributed by atoms with E-state index in [0.29, 0.717) is 16.9 Å². The van der Waals surface area contributed by atoms with Gasteiger partial charge in [-0.25, -0.2) is 9.59 Å². The van der Waals surface area contributed by atoms with Crippen molar-refractivity contribution in [2.75, 3.05) is 18.1 Å². The van der Waals surface area contributed by atoms with E-state index in [1.807, 2.05) is 24.3 Å². The number of unbranched alkanes of at least 4 members (excludes halogenated alkanes) is 4. The molecular formula is C34H48N2O4. The van der Waals surface area contributed by atoms with Crippen LogP contribution >= 0.6 is 0 Å². The number of rotatable bonds is 15. The van der Waals surface area contributed by atoms with Gasteiger partial charge in [-0.05, 0) is 85.6 Å². The van der Waals surface area contributed by atoms with Crippen LogP contribution in [0.4, 0.5) is 11.4 Å². The van der Waals surface area contributed by atoms with Gasteiger partial charge in [0.15, 0.2) is 0 Å². The van der Waals surface area contributed by atoms with E-state index in [9.17, 15) is 9.59 Å². The molecule has 40 heavy (non-hydrogen) atoms. The van der Waals surface area contributed by atoms with E-state index in [4.69, 9.17) is 20.9 Å². The van der Waals surface area contributed by atoms with E-state index in [0.717, 1.165) is 62.0 Å². The molecule has 4 N–H and O–H groups in total. The molecule has 0 saturated heterocycles. The van der Waals surface area contributed by atoms with E-state index in [1.54, 1.807) is 24.3 Å². The summed E-state index contributed by atoms with van der Waals surface area (Å²) in [5.41, 5.74) is 15.5. The summed E-state index contributed by atoms with van der Waals surface area (Å²) in [6.45, 7) is 4.64. The summed E-state index contributed by atoms with van der Waals surface area (Å²) in [7, 11) is 0. The average molecular weight is 549 g/mol. The highest BCUT2D eigenvalue weighted by atomic mass is 16.5. The summed E-state index contributed by atoms with van der Waals surface area (Å²) in [6, 6.07) is 12.6. The van der Waals surface area contributed by atoms with Crippen molar-refractivity contribution in [3.63, 3.8) is 0 Å². The molecule has 3 rings (SSSR count). The molecule has 0 bridgehead atoms. The fourth-order valence-electron chi connectivity index (χ4n) is 5.48. The Morgan fingerprint density at radius 3 is 2.23 bits per heavy atom. The zero-order valence-corrected chi connectivity index (χ0v) is 24.4. The molecular weight excluding hydrogens is 500 g/mol. The second-order valence-corrected chi connectivity index (χ2v) is 11.3. The van der Waals surface area contributed by atoms with E-state index in [1.165, 1.54) is 38.2 Å². The van der Waals surface area contributed by atoms with Gasteiger partial charge in [-0.15, -0.1) is 0 Å². The molecule has 1 fully saturated rings. The monoisotopic (exact) mass is 548 g/mol. The van der Waals surface area contributed by atoms with Crippen LogP contribution in [0.15, 0.2) is 48.5 Å². The molecule has 218 valence electrons. The molecule has 0 amide bonds. The van der Waals surface area contributed by atoms with Crippen LogP contribution in [0.25, 0.3) is 6.08 Å². The lowest BCUT2D eigenvalue weighted by atomic mass is 9.84. The van der Waals surface area contributed by atoms with Crippen LogP contribution in [0.1, 0.15) is 118 Å². The molecule has 1 unspecified atom stereocenters. The van der Waals surface area contributed by atoms with E-state index >= 15 is 0 Å². The van der Waals surface area contributed by atoms with Crippen LogP contribution in [0, 0.1) is 5.92 Å². The normalized spacial score (nSPS) is 17.9. The summed E-state index contributed by atoms with van der Waals surface area (Å²) in [5.74, 6) is 0.126. The van der Waals surface area contributed by atoms with E-state index in [2.05, 4.69) is 13.8 Å². The van der Waals surface area contributed by atoms with Crippen molar-refractivity contribution >= 4 is 29.4 Å². The predicted molar refractivity (Wildman–Crippen MR) is 164 cm³/mol. The molecule has 1 saturated carbocycles. The number of anilines is 2. The second-order valence-electron chi connectivity index (χ2n) is 11.3. The Morgan fingerprint density at radius 2 is 1.57 bits per heavy atom. The van der Waals surface area contributed by atoms with Gasteiger partial charge < -0.3 is 20.9 Å². The van der Waals surface area contributed by atoms with Gasteiger partial charge in [0.1, 0.15) is 6.10 Å². The largest absolute Gasteiger partial charge is 0.462 e. The molecule has 0 aromatic heterocycles. The zero-order chi connectivity index (χ0) is 28.7. The molecule has 6 heteroatoms. The van der Waals surface area contributed by atoms with E-state index in [-0.39, 0.29) is 24.6 Å². The Bertz CT molecular complexity index is 1070. The quantitative estimate of drug-likeness (QED) is 0.101. The first-order valence-corrected chi connectivity index (χ1v) is 15.2. The van der Waals surface area contributed by atoms with Crippen molar-refractivity contribution in [1.29, 1.82) is 0 Å². The summed E-state index contributed by atoms with van der Waals surface area (Å²) < 4.78 is 11.4. The summed E-state index contributed by atoms with van der Waals surface area (Å²) in [5, 5.41) is 0. The molecule has 1 aliphatic rings. The van der Waals surface area contributed by atoms with Gasteiger partial charge in [0.2, 0.25) is 0 Å². The number of nitrogens with two attached hydrogens (primary N) is 2. The molecule has 2 aromatic carbocycles. The molecule has 1 atom stereocenters. The SMILES string of the molecule is CCCCCCC1CCC(OC(=O)c2ccc(C=CC(=O)OCC(CCCC)c3cc(N)cc(N)c3)cc2)CC1. The highest BCUT2D eigenvalue weighted by molar-refractivity contribution is 5.90. The molecule has 6 nitrogen and oxygen atoms in total. The standard InChI is InChI=1S/C34H48N2O4/c1-3-5-7-8-9-25-13-18-32(19-14-25)40-34(38)27-16-11-26(12-17-27)15-20-33(37)39-24-28(10-6-4-2)29-21-30(35)23-31(36)22-29/h11-12,15-17,20-23,25,28,32H,3-10,13-14,18-19,24,35-36H2,1-2H3. The van der Waals surface area contributed by atoms with Gasteiger partial charge in [-0.2, -0.15) is 0 Å². The minimum Gasteiger partial charge on any atom is -0.462 e. The molecule has 2 aromatic rings. The van der Waals surface area contributed by atoms with Crippen LogP contribution in [-0.4, -0.2) is 24.6 Å². The maximum atomic E-state index is 12.7. The second kappa shape index (κ2) is 16.7. The fourth-order valence-corrected chi connectivity index (χ4v) is 5.48. The molecule has 0 spiro atoms. The molecule has 0 heterocycles. The van der Waals surface area contributed by atoms with Crippen LogP contribution in [0.5, 0.6) is 0 Å². The number of esters is 2. The van der Waals surface area contributed by atoms with Crippen molar-refractivity contribution in [3.05, 3.63) is 65.2 Å². The fraction of sp³-hybridized carbons (Fsp3) is 0.529. The Labute approximate surface area is 240 Å². The highest BCUT2D eigenvalue weighted by Crippen LogP contribution is 2.31. The van der Waals surface area contributed by atoms with Crippen LogP contribution in [0.2, 0.25) is 0 Å². The van der Waals surface area contributed by atoms with Crippen molar-refractivity contribution in [3.8, 4) is 0 Å². The van der Waals surface area contributed by atoms with Crippen molar-refractivity contribution < 1.29 is 19.1 Å². The van der Waals surface area contributed by atoms with Crippen LogP contribution < -0.4 is 11.5 Å². The number of hydrogen-bond donors (Lipinski definition) is 2. The lowest BCUT2D eigenvalue weighted by molar-refractivity contribution is -0.138. The predicted octanol–water partition coefficient (Wildman–Crippen LogP) is 8.07. The number of ether oxygens (including phenoxy) is 2. The first-order chi connectivity index (χ1) is 19.4. The van der Waals surface area contributed by atoms with Gasteiger partial charge in [-0.1, -0.05) is 70.9 Å². The van der Waals surface area contributed by atoms with Gasteiger partial charge >= 0.3 is 11.9 Å². The zero-order valence-electron chi connectivity index (χ0n) is 24.4. The maximum absolute atomic E-state index is 12.7. The summed E-state index contributed by atoms with van der Waals surface area (Å²) >= 11 is 0. The third-order valence-corrected chi connectivity index (χ3v) is 7.90. The topological polar surface area (TPSA) is 105 Å². The number of carbonyl (C=O) groups is 2. The van der Waals surface area contributed by atoms with E-state index < -0.39 is 5.97 Å². The number of carbonyl (C=O) groups excluding carboxylic acids is 2. The Balaban J connectivity index is 1.44. The lowest BCUT2D eigenvalue weighted by Gasteiger charge is -2.28. The minimum absolute atomic E-state index is 0.0126. The molecule has 0 aliphatic heterocycles. The van der Waals surface area contributed by atoms with Gasteiger partial charge in [0, 0.05) is 23.4 Å². The average Bonchev–Trinajstić information content (AvgIpc) is 2.95. The third-order valence-electron chi connectivity index (χ3n) is 7.90. The maximum Gasteiger partial charge on any atom is 0.338 e. The Hall–Kier alpha value is -3.28. The van der Waals surface area contributed by atoms with Crippen LogP contribution in [-0.2, 0) is 14.3 Å². The number of nitrogen functional groups attached to an aromatic ring is 2. The summed E-state index contributed by atoms with van der Waals surface area (Å²) in [4.78, 5) is 25.1. The molecule has 0 radical (unpaired) electrons. The number of hydrogen-bond acceptors (Lipinski definition) is 6. The van der Waals surface area contributed by atoms with Crippen molar-refractivity contribution in [1.82, 2.24) is 0 Å². The number of benzene rings is 2. The van der Waals surface area contributed by atoms with Gasteiger partial charge in [-0.3, -0.25) is 0 Å². The smallest absolute Gasteiger partial charge is 0.338 e. The first kappa shape index (κ1) is 31.3. The minimum atomic E-state index is -0.414. The highest BCUT2D eigenvalue weighted by Gasteiger charge is 2.24. The molecule has 1 aliphatic carbocycles. The Kier molecular flexibility index (Phi) is 13.1. The van der Waals surface area contributed by atoms with Gasteiger partial charge in [0.25, 0.3) is 0 Å².